The van der Waals surface area contributed by atoms with Crippen molar-refractivity contribution in [2.45, 2.75) is 12.6 Å². The molecule has 1 N–H and O–H groups in total. The van der Waals surface area contributed by atoms with Gasteiger partial charge in [0, 0.05) is 32.7 Å². The first-order valence-electron chi connectivity index (χ1n) is 10.4. The van der Waals surface area contributed by atoms with E-state index < -0.39 is 0 Å². The van der Waals surface area contributed by atoms with Gasteiger partial charge >= 0.3 is 6.03 Å². The van der Waals surface area contributed by atoms with Gasteiger partial charge in [-0.3, -0.25) is 4.90 Å². The quantitative estimate of drug-likeness (QED) is 0.655. The Balaban J connectivity index is 1.43. The highest BCUT2D eigenvalue weighted by molar-refractivity contribution is 5.74. The van der Waals surface area contributed by atoms with Gasteiger partial charge in [0.2, 0.25) is 0 Å². The molecule has 0 aromatic heterocycles. The van der Waals surface area contributed by atoms with E-state index in [1.165, 1.54) is 24.3 Å². The van der Waals surface area contributed by atoms with Crippen LogP contribution in [0.5, 0.6) is 0 Å². The first kappa shape index (κ1) is 21.0. The van der Waals surface area contributed by atoms with Crippen molar-refractivity contribution < 1.29 is 13.6 Å². The molecule has 4 rings (SSSR count). The number of nitrogens with one attached hydrogen (secondary N) is 1. The van der Waals surface area contributed by atoms with Crippen molar-refractivity contribution in [1.29, 1.82) is 0 Å². The van der Waals surface area contributed by atoms with Gasteiger partial charge < -0.3 is 10.2 Å². The molecule has 0 atom stereocenters. The SMILES string of the molecule is O=C(NCc1ccccc1)N1CCN(C(c2ccc(F)cc2)c2ccc(F)cc2)CC1. The van der Waals surface area contributed by atoms with Crippen LogP contribution in [0.15, 0.2) is 78.9 Å². The lowest BCUT2D eigenvalue weighted by molar-refractivity contribution is 0.120. The number of carbonyl (C=O) groups excluding carboxylic acids is 1. The third-order valence-electron chi connectivity index (χ3n) is 5.62. The zero-order valence-electron chi connectivity index (χ0n) is 17.2. The fraction of sp³-hybridized carbons (Fsp3) is 0.240. The number of hydrogen-bond donors (Lipinski definition) is 1. The Morgan fingerprint density at radius 3 is 1.81 bits per heavy atom. The second-order valence-electron chi connectivity index (χ2n) is 7.67. The average molecular weight is 421 g/mol. The maximum atomic E-state index is 13.5. The second kappa shape index (κ2) is 9.71. The molecular weight excluding hydrogens is 396 g/mol. The van der Waals surface area contributed by atoms with Crippen molar-refractivity contribution >= 4 is 6.03 Å². The molecular formula is C25H25F2N3O. The topological polar surface area (TPSA) is 35.6 Å². The molecule has 0 spiro atoms. The number of nitrogens with zero attached hydrogens (tertiary/aromatic N) is 2. The summed E-state index contributed by atoms with van der Waals surface area (Å²) in [5.41, 5.74) is 2.94. The number of benzene rings is 3. The van der Waals surface area contributed by atoms with Crippen LogP contribution >= 0.6 is 0 Å². The molecule has 1 heterocycles. The molecule has 1 fully saturated rings. The fourth-order valence-corrected chi connectivity index (χ4v) is 3.97. The molecule has 1 aliphatic rings. The number of halogens is 2. The smallest absolute Gasteiger partial charge is 0.317 e. The van der Waals surface area contributed by atoms with Crippen LogP contribution in [-0.4, -0.2) is 42.0 Å². The van der Waals surface area contributed by atoms with Crippen LogP contribution in [0.2, 0.25) is 0 Å². The van der Waals surface area contributed by atoms with Gasteiger partial charge in [0.1, 0.15) is 11.6 Å². The highest BCUT2D eigenvalue weighted by Crippen LogP contribution is 2.30. The predicted molar refractivity (Wildman–Crippen MR) is 116 cm³/mol. The molecule has 2 amide bonds. The van der Waals surface area contributed by atoms with Gasteiger partial charge in [-0.2, -0.15) is 0 Å². The van der Waals surface area contributed by atoms with E-state index in [1.807, 2.05) is 35.2 Å². The van der Waals surface area contributed by atoms with Gasteiger partial charge in [0.05, 0.1) is 6.04 Å². The fourth-order valence-electron chi connectivity index (χ4n) is 3.97. The summed E-state index contributed by atoms with van der Waals surface area (Å²) < 4.78 is 26.9. The van der Waals surface area contributed by atoms with Gasteiger partial charge in [0.25, 0.3) is 0 Å². The molecule has 31 heavy (non-hydrogen) atoms. The largest absolute Gasteiger partial charge is 0.334 e. The van der Waals surface area contributed by atoms with Crippen LogP contribution < -0.4 is 5.32 Å². The van der Waals surface area contributed by atoms with Crippen LogP contribution in [0.4, 0.5) is 13.6 Å². The van der Waals surface area contributed by atoms with Crippen LogP contribution in [0.1, 0.15) is 22.7 Å². The zero-order valence-corrected chi connectivity index (χ0v) is 17.2. The molecule has 1 saturated heterocycles. The monoisotopic (exact) mass is 421 g/mol. The van der Waals surface area contributed by atoms with Crippen LogP contribution in [0, 0.1) is 11.6 Å². The van der Waals surface area contributed by atoms with Gasteiger partial charge in [-0.1, -0.05) is 54.6 Å². The maximum absolute atomic E-state index is 13.5. The standard InChI is InChI=1S/C25H25F2N3O/c26-22-10-6-20(7-11-22)24(21-8-12-23(27)13-9-21)29-14-16-30(17-15-29)25(31)28-18-19-4-2-1-3-5-19/h1-13,24H,14-18H2,(H,28,31). The maximum Gasteiger partial charge on any atom is 0.317 e. The molecule has 0 aliphatic carbocycles. The summed E-state index contributed by atoms with van der Waals surface area (Å²) in [6, 6.07) is 22.4. The van der Waals surface area contributed by atoms with Crippen molar-refractivity contribution in [2.24, 2.45) is 0 Å². The number of hydrogen-bond acceptors (Lipinski definition) is 2. The number of urea groups is 1. The molecule has 0 radical (unpaired) electrons. The molecule has 4 nitrogen and oxygen atoms in total. The molecule has 6 heteroatoms. The van der Waals surface area contributed by atoms with E-state index in [0.29, 0.717) is 32.7 Å². The van der Waals surface area contributed by atoms with Gasteiger partial charge in [-0.25, -0.2) is 13.6 Å². The Kier molecular flexibility index (Phi) is 6.57. The summed E-state index contributed by atoms with van der Waals surface area (Å²) in [5, 5.41) is 2.97. The summed E-state index contributed by atoms with van der Waals surface area (Å²) in [6.45, 7) is 2.99. The van der Waals surface area contributed by atoms with Gasteiger partial charge in [-0.15, -0.1) is 0 Å². The Bertz CT molecular complexity index is 940. The second-order valence-corrected chi connectivity index (χ2v) is 7.67. The lowest BCUT2D eigenvalue weighted by Gasteiger charge is -2.39. The first-order valence-corrected chi connectivity index (χ1v) is 10.4. The number of carbonyl (C=O) groups is 1. The summed E-state index contributed by atoms with van der Waals surface area (Å²) in [5.74, 6) is -0.581. The van der Waals surface area contributed by atoms with Crippen molar-refractivity contribution in [3.8, 4) is 0 Å². The van der Waals surface area contributed by atoms with Crippen molar-refractivity contribution in [2.75, 3.05) is 26.2 Å². The summed E-state index contributed by atoms with van der Waals surface area (Å²) in [6.07, 6.45) is 0. The Morgan fingerprint density at radius 1 is 0.774 bits per heavy atom. The van der Waals surface area contributed by atoms with Gasteiger partial charge in [0.15, 0.2) is 0 Å². The number of rotatable bonds is 5. The Morgan fingerprint density at radius 2 is 1.29 bits per heavy atom. The van der Waals surface area contributed by atoms with E-state index in [2.05, 4.69) is 10.2 Å². The van der Waals surface area contributed by atoms with Crippen molar-refractivity contribution in [3.05, 3.63) is 107 Å². The normalized spacial score (nSPS) is 14.6. The molecule has 1 aliphatic heterocycles. The molecule has 3 aromatic carbocycles. The van der Waals surface area contributed by atoms with Crippen LogP contribution in [0.25, 0.3) is 0 Å². The summed E-state index contributed by atoms with van der Waals surface area (Å²) in [4.78, 5) is 16.6. The Labute approximate surface area is 181 Å². The third kappa shape index (κ3) is 5.27. The van der Waals surface area contributed by atoms with Crippen LogP contribution in [0.3, 0.4) is 0 Å². The van der Waals surface area contributed by atoms with Crippen molar-refractivity contribution in [3.63, 3.8) is 0 Å². The summed E-state index contributed by atoms with van der Waals surface area (Å²) in [7, 11) is 0. The highest BCUT2D eigenvalue weighted by Gasteiger charge is 2.28. The molecule has 0 bridgehead atoms. The Hall–Kier alpha value is -3.25. The van der Waals surface area contributed by atoms with Gasteiger partial charge in [-0.05, 0) is 41.0 Å². The lowest BCUT2D eigenvalue weighted by Crippen LogP contribution is -2.52. The first-order chi connectivity index (χ1) is 15.1. The minimum atomic E-state index is -0.290. The summed E-state index contributed by atoms with van der Waals surface area (Å²) >= 11 is 0. The minimum Gasteiger partial charge on any atom is -0.334 e. The van der Waals surface area contributed by atoms with Crippen molar-refractivity contribution in [1.82, 2.24) is 15.1 Å². The highest BCUT2D eigenvalue weighted by atomic mass is 19.1. The van der Waals surface area contributed by atoms with E-state index in [-0.39, 0.29) is 23.7 Å². The van der Waals surface area contributed by atoms with E-state index in [1.54, 1.807) is 24.3 Å². The average Bonchev–Trinajstić information content (AvgIpc) is 2.81. The minimum absolute atomic E-state index is 0.0800. The molecule has 0 unspecified atom stereocenters. The lowest BCUT2D eigenvalue weighted by atomic mass is 9.96. The predicted octanol–water partition coefficient (Wildman–Crippen LogP) is 4.58. The molecule has 0 saturated carbocycles. The van der Waals surface area contributed by atoms with E-state index in [4.69, 9.17) is 0 Å². The number of piperazine rings is 1. The van der Waals surface area contributed by atoms with E-state index in [9.17, 15) is 13.6 Å². The molecule has 3 aromatic rings. The third-order valence-corrected chi connectivity index (χ3v) is 5.62. The van der Waals surface area contributed by atoms with E-state index in [0.717, 1.165) is 16.7 Å². The van der Waals surface area contributed by atoms with Crippen LogP contribution in [-0.2, 0) is 6.54 Å². The number of amides is 2. The molecule has 160 valence electrons. The van der Waals surface area contributed by atoms with E-state index >= 15 is 0 Å². The zero-order chi connectivity index (χ0) is 21.6.